The Labute approximate surface area is 97.7 Å². The van der Waals surface area contributed by atoms with E-state index in [0.29, 0.717) is 13.0 Å². The van der Waals surface area contributed by atoms with Gasteiger partial charge in [-0.05, 0) is 0 Å². The van der Waals surface area contributed by atoms with Crippen molar-refractivity contribution in [3.63, 3.8) is 0 Å². The van der Waals surface area contributed by atoms with E-state index >= 15 is 0 Å². The third-order valence-corrected chi connectivity index (χ3v) is 4.10. The quantitative estimate of drug-likeness (QED) is 0.478. The molecule has 0 spiro atoms. The number of likely N-dealkylation sites (tertiary alicyclic amines) is 1. The molecule has 0 aromatic heterocycles. The summed E-state index contributed by atoms with van der Waals surface area (Å²) in [6.45, 7) is 4.58. The standard InChI is InChI=1S/C10H21NO4S/c1-15-9-8-11(5-2-3-6-11)7-4-10-16(12,13)14/h2-10H2,1H3. The second-order valence-corrected chi connectivity index (χ2v) is 6.07. The van der Waals surface area contributed by atoms with Gasteiger partial charge in [0.15, 0.2) is 0 Å². The van der Waals surface area contributed by atoms with Gasteiger partial charge in [0.25, 0.3) is 0 Å². The Morgan fingerprint density at radius 2 is 1.88 bits per heavy atom. The first kappa shape index (κ1) is 13.9. The maximum Gasteiger partial charge on any atom is 0.102 e. The summed E-state index contributed by atoms with van der Waals surface area (Å²) in [5.41, 5.74) is 0. The monoisotopic (exact) mass is 251 g/mol. The number of methoxy groups -OCH3 is 1. The lowest BCUT2D eigenvalue weighted by atomic mass is 10.3. The van der Waals surface area contributed by atoms with Crippen molar-refractivity contribution in [2.75, 3.05) is 45.6 Å². The van der Waals surface area contributed by atoms with Crippen molar-refractivity contribution in [3.05, 3.63) is 0 Å². The predicted molar refractivity (Wildman–Crippen MR) is 60.0 cm³/mol. The van der Waals surface area contributed by atoms with E-state index < -0.39 is 10.1 Å². The first-order valence-electron chi connectivity index (χ1n) is 5.75. The van der Waals surface area contributed by atoms with Gasteiger partial charge < -0.3 is 13.8 Å². The minimum atomic E-state index is -4.05. The Morgan fingerprint density at radius 1 is 1.25 bits per heavy atom. The van der Waals surface area contributed by atoms with Crippen LogP contribution in [0.5, 0.6) is 0 Å². The fourth-order valence-electron chi connectivity index (χ4n) is 2.43. The number of hydrogen-bond acceptors (Lipinski definition) is 4. The Morgan fingerprint density at radius 3 is 2.38 bits per heavy atom. The van der Waals surface area contributed by atoms with Gasteiger partial charge in [0.2, 0.25) is 0 Å². The van der Waals surface area contributed by atoms with Gasteiger partial charge in [-0.2, -0.15) is 0 Å². The molecule has 96 valence electrons. The molecule has 1 aliphatic rings. The topological polar surface area (TPSA) is 66.4 Å². The van der Waals surface area contributed by atoms with E-state index in [2.05, 4.69) is 0 Å². The number of ether oxygens (including phenoxy) is 1. The molecule has 0 unspecified atom stereocenters. The van der Waals surface area contributed by atoms with Gasteiger partial charge in [-0.25, -0.2) is 8.42 Å². The van der Waals surface area contributed by atoms with Crippen LogP contribution in [0, 0.1) is 0 Å². The van der Waals surface area contributed by atoms with Gasteiger partial charge in [0.1, 0.15) is 6.54 Å². The van der Waals surface area contributed by atoms with Crippen molar-refractivity contribution in [1.29, 1.82) is 0 Å². The molecule has 0 atom stereocenters. The van der Waals surface area contributed by atoms with Crippen molar-refractivity contribution in [1.82, 2.24) is 0 Å². The molecule has 0 bridgehead atoms. The van der Waals surface area contributed by atoms with E-state index in [9.17, 15) is 13.0 Å². The molecule has 0 aromatic rings. The Bertz CT molecular complexity index is 296. The zero-order valence-corrected chi connectivity index (χ0v) is 10.7. The molecule has 1 saturated heterocycles. The average Bonchev–Trinajstić information content (AvgIpc) is 2.62. The lowest BCUT2D eigenvalue weighted by Gasteiger charge is -2.34. The molecule has 0 radical (unpaired) electrons. The Hall–Kier alpha value is -0.170. The lowest BCUT2D eigenvalue weighted by molar-refractivity contribution is -0.917. The first-order valence-corrected chi connectivity index (χ1v) is 7.33. The highest BCUT2D eigenvalue weighted by atomic mass is 32.2. The molecule has 0 aliphatic carbocycles. The van der Waals surface area contributed by atoms with Crippen LogP contribution < -0.4 is 0 Å². The molecule has 6 heteroatoms. The molecule has 0 aromatic carbocycles. The highest BCUT2D eigenvalue weighted by Crippen LogP contribution is 2.19. The summed E-state index contributed by atoms with van der Waals surface area (Å²) in [6.07, 6.45) is 2.84. The summed E-state index contributed by atoms with van der Waals surface area (Å²) in [7, 11) is -2.38. The zero-order chi connectivity index (χ0) is 12.1. The fraction of sp³-hybridized carbons (Fsp3) is 1.00. The van der Waals surface area contributed by atoms with Gasteiger partial charge in [0, 0.05) is 32.1 Å². The number of quaternary nitrogens is 1. The second kappa shape index (κ2) is 5.95. The minimum Gasteiger partial charge on any atom is -0.748 e. The number of rotatable bonds is 7. The van der Waals surface area contributed by atoms with Crippen LogP contribution in [0.4, 0.5) is 0 Å². The molecular formula is C10H21NO4S. The van der Waals surface area contributed by atoms with Crippen LogP contribution in [-0.4, -0.2) is 63.1 Å². The minimum absolute atomic E-state index is 0.236. The van der Waals surface area contributed by atoms with Crippen LogP contribution in [0.2, 0.25) is 0 Å². The van der Waals surface area contributed by atoms with Gasteiger partial charge in [-0.3, -0.25) is 0 Å². The molecule has 0 N–H and O–H groups in total. The Balaban J connectivity index is 2.39. The maximum atomic E-state index is 10.5. The van der Waals surface area contributed by atoms with Gasteiger partial charge in [0.05, 0.1) is 36.4 Å². The molecule has 1 heterocycles. The Kier molecular flexibility index (Phi) is 5.17. The largest absolute Gasteiger partial charge is 0.748 e. The number of nitrogens with zero attached hydrogens (tertiary/aromatic N) is 1. The van der Waals surface area contributed by atoms with Crippen molar-refractivity contribution < 1.29 is 22.2 Å². The van der Waals surface area contributed by atoms with Gasteiger partial charge >= 0.3 is 0 Å². The third kappa shape index (κ3) is 4.78. The van der Waals surface area contributed by atoms with E-state index in [-0.39, 0.29) is 5.75 Å². The molecule has 5 nitrogen and oxygen atoms in total. The molecule has 0 amide bonds. The van der Waals surface area contributed by atoms with Crippen molar-refractivity contribution in [2.45, 2.75) is 19.3 Å². The van der Waals surface area contributed by atoms with E-state index in [4.69, 9.17) is 4.74 Å². The summed E-state index contributed by atoms with van der Waals surface area (Å²) in [4.78, 5) is 0. The summed E-state index contributed by atoms with van der Waals surface area (Å²) < 4.78 is 37.6. The van der Waals surface area contributed by atoms with Crippen molar-refractivity contribution in [2.24, 2.45) is 0 Å². The van der Waals surface area contributed by atoms with Crippen LogP contribution in [0.15, 0.2) is 0 Å². The summed E-state index contributed by atoms with van der Waals surface area (Å²) >= 11 is 0. The smallest absolute Gasteiger partial charge is 0.102 e. The lowest BCUT2D eigenvalue weighted by Crippen LogP contribution is -2.48. The third-order valence-electron chi connectivity index (χ3n) is 3.31. The van der Waals surface area contributed by atoms with E-state index in [0.717, 1.165) is 30.7 Å². The van der Waals surface area contributed by atoms with Crippen LogP contribution in [0.25, 0.3) is 0 Å². The van der Waals surface area contributed by atoms with E-state index in [1.807, 2.05) is 0 Å². The van der Waals surface area contributed by atoms with Crippen LogP contribution in [0.1, 0.15) is 19.3 Å². The average molecular weight is 251 g/mol. The predicted octanol–water partition coefficient (Wildman–Crippen LogP) is 0.179. The summed E-state index contributed by atoms with van der Waals surface area (Å²) in [6, 6.07) is 0. The van der Waals surface area contributed by atoms with Gasteiger partial charge in [-0.1, -0.05) is 0 Å². The SMILES string of the molecule is COCC[N+]1(CCCS(=O)(=O)[O-])CCCC1. The molecule has 1 fully saturated rings. The molecular weight excluding hydrogens is 230 g/mol. The highest BCUT2D eigenvalue weighted by molar-refractivity contribution is 7.85. The summed E-state index contributed by atoms with van der Waals surface area (Å²) in [5, 5.41) is 0. The first-order chi connectivity index (χ1) is 7.47. The molecule has 1 aliphatic heterocycles. The highest BCUT2D eigenvalue weighted by Gasteiger charge is 2.30. The zero-order valence-electron chi connectivity index (χ0n) is 9.85. The molecule has 1 rings (SSSR count). The maximum absolute atomic E-state index is 10.5. The van der Waals surface area contributed by atoms with Crippen LogP contribution >= 0.6 is 0 Å². The summed E-state index contributed by atoms with van der Waals surface area (Å²) in [5.74, 6) is -0.236. The van der Waals surface area contributed by atoms with Crippen molar-refractivity contribution in [3.8, 4) is 0 Å². The molecule has 0 saturated carbocycles. The van der Waals surface area contributed by atoms with Gasteiger partial charge in [-0.15, -0.1) is 0 Å². The fourth-order valence-corrected chi connectivity index (χ4v) is 2.91. The van der Waals surface area contributed by atoms with E-state index in [1.165, 1.54) is 12.8 Å². The van der Waals surface area contributed by atoms with E-state index in [1.54, 1.807) is 7.11 Å². The molecule has 16 heavy (non-hydrogen) atoms. The van der Waals surface area contributed by atoms with Crippen molar-refractivity contribution >= 4 is 10.1 Å². The normalized spacial score (nSPS) is 20.1. The van der Waals surface area contributed by atoms with Crippen LogP contribution in [0.3, 0.4) is 0 Å². The van der Waals surface area contributed by atoms with Crippen LogP contribution in [-0.2, 0) is 14.9 Å². The number of hydrogen-bond donors (Lipinski definition) is 0. The second-order valence-electron chi connectivity index (χ2n) is 4.55.